The molecule has 3 aromatic carbocycles. The van der Waals surface area contributed by atoms with Crippen molar-refractivity contribution in [2.75, 3.05) is 0 Å². The number of hydrogen-bond donors (Lipinski definition) is 0. The van der Waals surface area contributed by atoms with Crippen LogP contribution in [0, 0.1) is 16.6 Å². The zero-order chi connectivity index (χ0) is 30.5. The summed E-state index contributed by atoms with van der Waals surface area (Å²) in [5, 5.41) is 0. The first kappa shape index (κ1) is 29.6. The Kier molecular flexibility index (Phi) is 7.70. The molecule has 0 amide bonds. The molecule has 3 aromatic rings. The highest BCUT2D eigenvalue weighted by Crippen LogP contribution is 2.56. The predicted molar refractivity (Wildman–Crippen MR) is 170 cm³/mol. The van der Waals surface area contributed by atoms with Gasteiger partial charge in [0, 0.05) is 57.9 Å². The Bertz CT molecular complexity index is 1600. The largest absolute Gasteiger partial charge is 0.489 e. The van der Waals surface area contributed by atoms with Crippen molar-refractivity contribution in [3.63, 3.8) is 0 Å². The molecule has 6 heteroatoms. The summed E-state index contributed by atoms with van der Waals surface area (Å²) >= 11 is 3.66. The Morgan fingerprint density at radius 1 is 0.791 bits per heavy atom. The van der Waals surface area contributed by atoms with E-state index >= 15 is 0 Å². The third-order valence-electron chi connectivity index (χ3n) is 8.80. The first-order valence-corrected chi connectivity index (χ1v) is 15.7. The van der Waals surface area contributed by atoms with E-state index in [1.165, 1.54) is 12.1 Å². The van der Waals surface area contributed by atoms with Crippen LogP contribution >= 0.6 is 15.9 Å². The first-order valence-electron chi connectivity index (χ1n) is 14.9. The number of Topliss-reactive ketones (excluding diaryl/α,β-unsaturated/α-hetero) is 2. The van der Waals surface area contributed by atoms with Gasteiger partial charge in [0.15, 0.2) is 11.6 Å². The number of carbonyl (C=O) groups is 2. The van der Waals surface area contributed by atoms with Gasteiger partial charge < -0.3 is 9.64 Å². The third-order valence-corrected chi connectivity index (χ3v) is 9.29. The molecule has 1 aliphatic heterocycles. The van der Waals surface area contributed by atoms with Gasteiger partial charge in [-0.3, -0.25) is 9.59 Å². The fraction of sp³-hybridized carbons (Fsp3) is 0.351. The fourth-order valence-corrected chi connectivity index (χ4v) is 7.31. The molecule has 0 spiro atoms. The molecule has 0 aromatic heterocycles. The highest BCUT2D eigenvalue weighted by Gasteiger charge is 2.49. The maximum atomic E-state index is 14.2. The van der Waals surface area contributed by atoms with Gasteiger partial charge >= 0.3 is 0 Å². The summed E-state index contributed by atoms with van der Waals surface area (Å²) in [6, 6.07) is 22.3. The summed E-state index contributed by atoms with van der Waals surface area (Å²) in [6.45, 7) is 9.45. The Balaban J connectivity index is 1.54. The highest BCUT2D eigenvalue weighted by molar-refractivity contribution is 9.10. The van der Waals surface area contributed by atoms with Crippen molar-refractivity contribution in [3.05, 3.63) is 122 Å². The maximum Gasteiger partial charge on any atom is 0.162 e. The molecule has 0 fully saturated rings. The average molecular weight is 643 g/mol. The second kappa shape index (κ2) is 11.2. The number of carbonyl (C=O) groups excluding carboxylic acids is 2. The van der Waals surface area contributed by atoms with Gasteiger partial charge in [0.05, 0.1) is 0 Å². The van der Waals surface area contributed by atoms with E-state index < -0.39 is 5.92 Å². The minimum Gasteiger partial charge on any atom is -0.489 e. The van der Waals surface area contributed by atoms with Crippen molar-refractivity contribution in [2.45, 2.75) is 72.4 Å². The van der Waals surface area contributed by atoms with E-state index in [9.17, 15) is 14.0 Å². The van der Waals surface area contributed by atoms with E-state index in [0.29, 0.717) is 36.3 Å². The number of ketones is 2. The molecule has 0 saturated carbocycles. The quantitative estimate of drug-likeness (QED) is 0.269. The minimum absolute atomic E-state index is 0.0861. The SMILES string of the molecule is CC1(C)CC(=O)C2=C(C1)N(Cc1ccccc1)C1=C(C(=O)CC(C)(C)C1)C2c1cc(Br)ccc1OCc1ccc(F)cc1. The Hall–Kier alpha value is -3.51. The van der Waals surface area contributed by atoms with Crippen molar-refractivity contribution in [3.8, 4) is 5.75 Å². The number of nitrogens with zero attached hydrogens (tertiary/aromatic N) is 1. The molecule has 1 heterocycles. The molecule has 43 heavy (non-hydrogen) atoms. The van der Waals surface area contributed by atoms with E-state index in [1.807, 2.05) is 36.4 Å². The van der Waals surface area contributed by atoms with Crippen molar-refractivity contribution in [2.24, 2.45) is 10.8 Å². The van der Waals surface area contributed by atoms with Crippen molar-refractivity contribution < 1.29 is 18.7 Å². The lowest BCUT2D eigenvalue weighted by Crippen LogP contribution is -2.44. The fourth-order valence-electron chi connectivity index (χ4n) is 6.93. The molecule has 0 unspecified atom stereocenters. The van der Waals surface area contributed by atoms with E-state index in [0.717, 1.165) is 45.4 Å². The first-order chi connectivity index (χ1) is 20.4. The summed E-state index contributed by atoms with van der Waals surface area (Å²) in [6.07, 6.45) is 2.32. The summed E-state index contributed by atoms with van der Waals surface area (Å²) in [5.74, 6) is -0.0365. The molecule has 6 rings (SSSR count). The van der Waals surface area contributed by atoms with Crippen LogP contribution in [0.4, 0.5) is 4.39 Å². The van der Waals surface area contributed by atoms with Crippen LogP contribution in [0.15, 0.2) is 99.8 Å². The topological polar surface area (TPSA) is 46.6 Å². The van der Waals surface area contributed by atoms with E-state index in [1.54, 1.807) is 12.1 Å². The molecule has 0 saturated heterocycles. The van der Waals surface area contributed by atoms with E-state index in [2.05, 4.69) is 60.7 Å². The zero-order valence-corrected chi connectivity index (χ0v) is 26.8. The normalized spacial score (nSPS) is 19.8. The smallest absolute Gasteiger partial charge is 0.162 e. The maximum absolute atomic E-state index is 14.2. The zero-order valence-electron chi connectivity index (χ0n) is 25.2. The van der Waals surface area contributed by atoms with Crippen LogP contribution in [-0.2, 0) is 22.7 Å². The molecule has 0 radical (unpaired) electrons. The summed E-state index contributed by atoms with van der Waals surface area (Å²) < 4.78 is 20.8. The van der Waals surface area contributed by atoms with Crippen molar-refractivity contribution in [1.82, 2.24) is 4.90 Å². The van der Waals surface area contributed by atoms with Crippen LogP contribution in [0.5, 0.6) is 5.75 Å². The van der Waals surface area contributed by atoms with Crippen molar-refractivity contribution >= 4 is 27.5 Å². The monoisotopic (exact) mass is 641 g/mol. The summed E-state index contributed by atoms with van der Waals surface area (Å²) in [5.41, 5.74) is 5.82. The standard InChI is InChI=1S/C37H37BrFNO3/c1-36(2)17-28-34(30(41)19-36)33(27-16-25(38)12-15-32(27)43-22-24-10-13-26(39)14-11-24)35-29(18-37(3,4)20-31(35)42)40(28)21-23-8-6-5-7-9-23/h5-16,33H,17-22H2,1-4H3. The van der Waals surface area contributed by atoms with Crippen LogP contribution in [0.3, 0.4) is 0 Å². The molecule has 0 atom stereocenters. The predicted octanol–water partition coefficient (Wildman–Crippen LogP) is 9.05. The Labute approximate surface area is 261 Å². The number of ether oxygens (including phenoxy) is 1. The number of rotatable bonds is 6. The van der Waals surface area contributed by atoms with Gasteiger partial charge in [0.1, 0.15) is 18.2 Å². The molecule has 222 valence electrons. The van der Waals surface area contributed by atoms with Crippen LogP contribution in [0.1, 0.15) is 76.0 Å². The van der Waals surface area contributed by atoms with Gasteiger partial charge in [-0.1, -0.05) is 86.1 Å². The Morgan fingerprint density at radius 2 is 1.37 bits per heavy atom. The number of hydrogen-bond acceptors (Lipinski definition) is 4. The van der Waals surface area contributed by atoms with Crippen LogP contribution in [-0.4, -0.2) is 16.5 Å². The number of allylic oxidation sites excluding steroid dienone is 4. The van der Waals surface area contributed by atoms with E-state index in [4.69, 9.17) is 4.74 Å². The lowest BCUT2D eigenvalue weighted by molar-refractivity contribution is -0.119. The van der Waals surface area contributed by atoms with Gasteiger partial charge in [-0.2, -0.15) is 0 Å². The molecule has 0 bridgehead atoms. The average Bonchev–Trinajstić information content (AvgIpc) is 2.93. The van der Waals surface area contributed by atoms with Crippen molar-refractivity contribution in [1.29, 1.82) is 0 Å². The second-order valence-electron chi connectivity index (χ2n) is 13.7. The van der Waals surface area contributed by atoms with Gasteiger partial charge in [-0.25, -0.2) is 4.39 Å². The number of halogens is 2. The molecular formula is C37H37BrFNO3. The molecule has 0 N–H and O–H groups in total. The van der Waals surface area contributed by atoms with Crippen LogP contribution < -0.4 is 4.74 Å². The van der Waals surface area contributed by atoms with Gasteiger partial charge in [0.25, 0.3) is 0 Å². The summed E-state index contributed by atoms with van der Waals surface area (Å²) in [4.78, 5) is 30.8. The minimum atomic E-state index is -0.523. The lowest BCUT2D eigenvalue weighted by Gasteiger charge is -2.49. The number of benzene rings is 3. The summed E-state index contributed by atoms with van der Waals surface area (Å²) in [7, 11) is 0. The Morgan fingerprint density at radius 3 is 1.95 bits per heavy atom. The molecule has 4 nitrogen and oxygen atoms in total. The molecular weight excluding hydrogens is 605 g/mol. The van der Waals surface area contributed by atoms with Gasteiger partial charge in [-0.15, -0.1) is 0 Å². The lowest BCUT2D eigenvalue weighted by atomic mass is 9.63. The second-order valence-corrected chi connectivity index (χ2v) is 14.6. The van der Waals surface area contributed by atoms with E-state index in [-0.39, 0.29) is 34.8 Å². The highest BCUT2D eigenvalue weighted by atomic mass is 79.9. The van der Waals surface area contributed by atoms with Crippen LogP contribution in [0.25, 0.3) is 0 Å². The molecule has 3 aliphatic rings. The molecule has 2 aliphatic carbocycles. The van der Waals surface area contributed by atoms with Gasteiger partial charge in [0.2, 0.25) is 0 Å². The third kappa shape index (κ3) is 5.99. The van der Waals surface area contributed by atoms with Gasteiger partial charge in [-0.05, 0) is 65.1 Å². The van der Waals surface area contributed by atoms with Crippen LogP contribution in [0.2, 0.25) is 0 Å².